The molecule has 2 rings (SSSR count). The first-order valence-electron chi connectivity index (χ1n) is 5.86. The maximum absolute atomic E-state index is 5.88. The summed E-state index contributed by atoms with van der Waals surface area (Å²) < 4.78 is 0. The second-order valence-corrected chi connectivity index (χ2v) is 5.09. The minimum Gasteiger partial charge on any atom is -0.345 e. The number of aromatic amines is 1. The summed E-state index contributed by atoms with van der Waals surface area (Å²) in [5, 5.41) is 0. The van der Waals surface area contributed by atoms with Gasteiger partial charge in [0.2, 0.25) is 0 Å². The Bertz CT molecular complexity index is 342. The quantitative estimate of drug-likeness (QED) is 0.798. The van der Waals surface area contributed by atoms with Crippen LogP contribution in [0.3, 0.4) is 0 Å². The number of H-pyrrole nitrogens is 1. The number of nitrogens with two attached hydrogens (primary N) is 1. The molecule has 84 valence electrons. The zero-order valence-corrected chi connectivity index (χ0v) is 9.93. The van der Waals surface area contributed by atoms with E-state index in [0.717, 1.165) is 12.4 Å². The first-order chi connectivity index (χ1) is 7.09. The summed E-state index contributed by atoms with van der Waals surface area (Å²) in [6.07, 6.45) is 3.66. The van der Waals surface area contributed by atoms with Crippen molar-refractivity contribution in [3.63, 3.8) is 0 Å². The number of nitrogens with one attached hydrogen (secondary N) is 1. The normalized spacial score (nSPS) is 19.3. The molecule has 1 aliphatic carbocycles. The number of imidazole rings is 1. The lowest BCUT2D eigenvalue weighted by Gasteiger charge is -2.39. The third-order valence-electron chi connectivity index (χ3n) is 3.67. The highest BCUT2D eigenvalue weighted by atomic mass is 15.0. The van der Waals surface area contributed by atoms with Gasteiger partial charge in [0.25, 0.3) is 0 Å². The molecule has 0 aliphatic heterocycles. The van der Waals surface area contributed by atoms with Gasteiger partial charge in [0, 0.05) is 17.7 Å². The molecule has 0 bridgehead atoms. The summed E-state index contributed by atoms with van der Waals surface area (Å²) in [6.45, 7) is 7.19. The second-order valence-electron chi connectivity index (χ2n) is 5.09. The van der Waals surface area contributed by atoms with Crippen LogP contribution in [0.5, 0.6) is 0 Å². The van der Waals surface area contributed by atoms with Crippen molar-refractivity contribution in [2.45, 2.75) is 51.4 Å². The summed E-state index contributed by atoms with van der Waals surface area (Å²) in [5.74, 6) is 1.61. The highest BCUT2D eigenvalue weighted by molar-refractivity contribution is 5.23. The Hall–Kier alpha value is -0.830. The van der Waals surface area contributed by atoms with E-state index in [0.29, 0.717) is 5.92 Å². The van der Waals surface area contributed by atoms with E-state index in [9.17, 15) is 0 Å². The van der Waals surface area contributed by atoms with Gasteiger partial charge >= 0.3 is 0 Å². The second kappa shape index (κ2) is 3.63. The Labute approximate surface area is 91.5 Å². The van der Waals surface area contributed by atoms with Crippen molar-refractivity contribution in [2.75, 3.05) is 6.54 Å². The smallest absolute Gasteiger partial charge is 0.114 e. The SMILES string of the molecule is Cc1[nH]c(C2(CN)CCC2)nc1C(C)C. The Morgan fingerprint density at radius 2 is 2.13 bits per heavy atom. The van der Waals surface area contributed by atoms with Crippen molar-refractivity contribution in [1.82, 2.24) is 9.97 Å². The minimum atomic E-state index is 0.165. The summed E-state index contributed by atoms with van der Waals surface area (Å²) in [7, 11) is 0. The lowest BCUT2D eigenvalue weighted by atomic mass is 9.68. The Morgan fingerprint density at radius 1 is 1.47 bits per heavy atom. The third kappa shape index (κ3) is 1.59. The lowest BCUT2D eigenvalue weighted by Crippen LogP contribution is -2.42. The molecular formula is C12H21N3. The molecule has 0 radical (unpaired) electrons. The molecule has 15 heavy (non-hydrogen) atoms. The van der Waals surface area contributed by atoms with Crippen molar-refractivity contribution < 1.29 is 0 Å². The predicted molar refractivity (Wildman–Crippen MR) is 62.0 cm³/mol. The maximum atomic E-state index is 5.88. The highest BCUT2D eigenvalue weighted by Crippen LogP contribution is 2.41. The maximum Gasteiger partial charge on any atom is 0.114 e. The molecule has 1 aromatic rings. The largest absolute Gasteiger partial charge is 0.345 e. The molecule has 3 heteroatoms. The monoisotopic (exact) mass is 207 g/mol. The van der Waals surface area contributed by atoms with Gasteiger partial charge < -0.3 is 10.7 Å². The van der Waals surface area contributed by atoms with E-state index in [4.69, 9.17) is 10.7 Å². The van der Waals surface area contributed by atoms with E-state index in [1.54, 1.807) is 0 Å². The summed E-state index contributed by atoms with van der Waals surface area (Å²) >= 11 is 0. The minimum absolute atomic E-state index is 0.165. The van der Waals surface area contributed by atoms with Gasteiger partial charge in [0.05, 0.1) is 5.69 Å². The first kappa shape index (κ1) is 10.7. The molecule has 0 spiro atoms. The van der Waals surface area contributed by atoms with E-state index in [1.165, 1.54) is 30.7 Å². The van der Waals surface area contributed by atoms with E-state index in [1.807, 2.05) is 0 Å². The van der Waals surface area contributed by atoms with Crippen LogP contribution in [0.4, 0.5) is 0 Å². The van der Waals surface area contributed by atoms with Crippen LogP contribution in [0.1, 0.15) is 56.2 Å². The zero-order valence-electron chi connectivity index (χ0n) is 9.93. The molecule has 0 aromatic carbocycles. The van der Waals surface area contributed by atoms with Crippen molar-refractivity contribution in [3.8, 4) is 0 Å². The molecule has 0 saturated heterocycles. The van der Waals surface area contributed by atoms with Crippen LogP contribution in [0.2, 0.25) is 0 Å². The zero-order chi connectivity index (χ0) is 11.1. The number of rotatable bonds is 3. The van der Waals surface area contributed by atoms with Gasteiger partial charge in [0.1, 0.15) is 5.82 Å². The van der Waals surface area contributed by atoms with Gasteiger partial charge in [-0.2, -0.15) is 0 Å². The van der Waals surface area contributed by atoms with Crippen LogP contribution in [0.25, 0.3) is 0 Å². The third-order valence-corrected chi connectivity index (χ3v) is 3.67. The van der Waals surface area contributed by atoms with Crippen LogP contribution in [0, 0.1) is 6.92 Å². The van der Waals surface area contributed by atoms with Crippen LogP contribution >= 0.6 is 0 Å². The molecule has 1 aromatic heterocycles. The molecule has 1 fully saturated rings. The number of aryl methyl sites for hydroxylation is 1. The molecule has 0 amide bonds. The molecule has 0 unspecified atom stereocenters. The number of nitrogens with zero attached hydrogens (tertiary/aromatic N) is 1. The number of aromatic nitrogens is 2. The van der Waals surface area contributed by atoms with Crippen molar-refractivity contribution in [1.29, 1.82) is 0 Å². The van der Waals surface area contributed by atoms with Crippen LogP contribution < -0.4 is 5.73 Å². The van der Waals surface area contributed by atoms with Crippen molar-refractivity contribution in [3.05, 3.63) is 17.2 Å². The molecule has 1 heterocycles. The Balaban J connectivity index is 2.33. The Kier molecular flexibility index (Phi) is 2.59. The average Bonchev–Trinajstić information content (AvgIpc) is 2.47. The summed E-state index contributed by atoms with van der Waals surface area (Å²) in [5.41, 5.74) is 8.45. The van der Waals surface area contributed by atoms with Gasteiger partial charge in [-0.15, -0.1) is 0 Å². The Morgan fingerprint density at radius 3 is 2.47 bits per heavy atom. The average molecular weight is 207 g/mol. The van der Waals surface area contributed by atoms with Gasteiger partial charge in [0.15, 0.2) is 0 Å². The molecule has 3 nitrogen and oxygen atoms in total. The molecule has 1 saturated carbocycles. The van der Waals surface area contributed by atoms with E-state index in [-0.39, 0.29) is 5.41 Å². The van der Waals surface area contributed by atoms with Crippen LogP contribution in [0.15, 0.2) is 0 Å². The fourth-order valence-corrected chi connectivity index (χ4v) is 2.43. The molecule has 3 N–H and O–H groups in total. The summed E-state index contributed by atoms with van der Waals surface area (Å²) in [6, 6.07) is 0. The van der Waals surface area contributed by atoms with E-state index >= 15 is 0 Å². The molecule has 1 aliphatic rings. The number of hydrogen-bond donors (Lipinski definition) is 2. The topological polar surface area (TPSA) is 54.7 Å². The van der Waals surface area contributed by atoms with Crippen LogP contribution in [-0.2, 0) is 5.41 Å². The van der Waals surface area contributed by atoms with Crippen LogP contribution in [-0.4, -0.2) is 16.5 Å². The van der Waals surface area contributed by atoms with Crippen molar-refractivity contribution >= 4 is 0 Å². The van der Waals surface area contributed by atoms with Gasteiger partial charge in [-0.05, 0) is 25.7 Å². The first-order valence-corrected chi connectivity index (χ1v) is 5.86. The number of hydrogen-bond acceptors (Lipinski definition) is 2. The van der Waals surface area contributed by atoms with Gasteiger partial charge in [-0.1, -0.05) is 20.3 Å². The summed E-state index contributed by atoms with van der Waals surface area (Å²) in [4.78, 5) is 8.17. The highest BCUT2D eigenvalue weighted by Gasteiger charge is 2.40. The molecule has 0 atom stereocenters. The standard InChI is InChI=1S/C12H21N3/c1-8(2)10-9(3)14-11(15-10)12(7-13)5-4-6-12/h8H,4-7,13H2,1-3H3,(H,14,15). The van der Waals surface area contributed by atoms with E-state index in [2.05, 4.69) is 25.8 Å². The van der Waals surface area contributed by atoms with E-state index < -0.39 is 0 Å². The molecular weight excluding hydrogens is 186 g/mol. The van der Waals surface area contributed by atoms with Crippen molar-refractivity contribution in [2.24, 2.45) is 5.73 Å². The lowest BCUT2D eigenvalue weighted by molar-refractivity contribution is 0.239. The fourth-order valence-electron chi connectivity index (χ4n) is 2.43. The fraction of sp³-hybridized carbons (Fsp3) is 0.750. The van der Waals surface area contributed by atoms with Gasteiger partial charge in [-0.3, -0.25) is 0 Å². The predicted octanol–water partition coefficient (Wildman–Crippen LogP) is 2.22. The van der Waals surface area contributed by atoms with Gasteiger partial charge in [-0.25, -0.2) is 4.98 Å².